The van der Waals surface area contributed by atoms with Gasteiger partial charge in [-0.2, -0.15) is 0 Å². The molecule has 0 amide bonds. The third-order valence-corrected chi connectivity index (χ3v) is 10.9. The molecule has 0 saturated carbocycles. The number of hydrogen-bond acceptors (Lipinski definition) is 1. The Hall–Kier alpha value is -6.57. The van der Waals surface area contributed by atoms with Gasteiger partial charge in [0.05, 0.1) is 0 Å². The summed E-state index contributed by atoms with van der Waals surface area (Å²) in [6, 6.07) is 63.2. The van der Waals surface area contributed by atoms with Crippen LogP contribution in [-0.2, 0) is 0 Å². The summed E-state index contributed by atoms with van der Waals surface area (Å²) in [7, 11) is 0. The average molecular weight is 845 g/mol. The summed E-state index contributed by atoms with van der Waals surface area (Å²) >= 11 is 0. The van der Waals surface area contributed by atoms with E-state index < -0.39 is 0 Å². The number of carbonyl (C=O) groups is 1. The van der Waals surface area contributed by atoms with Crippen molar-refractivity contribution in [1.29, 1.82) is 0 Å². The number of ketones is 1. The number of carbonyl (C=O) groups excluding carboxylic acids is 1. The molecule has 0 aliphatic heterocycles. The van der Waals surface area contributed by atoms with Crippen LogP contribution < -0.4 is 0 Å². The second kappa shape index (κ2) is 26.8. The molecule has 0 aromatic heterocycles. The summed E-state index contributed by atoms with van der Waals surface area (Å²) in [5, 5.41) is 0. The molecule has 0 radical (unpaired) electrons. The van der Waals surface area contributed by atoms with Crippen molar-refractivity contribution >= 4 is 5.78 Å². The summed E-state index contributed by atoms with van der Waals surface area (Å²) in [6.07, 6.45) is 0. The molecule has 8 aromatic carbocycles. The molecule has 8 aromatic rings. The lowest BCUT2D eigenvalue weighted by Crippen LogP contribution is -2.06. The van der Waals surface area contributed by atoms with Crippen LogP contribution in [-0.4, -0.2) is 5.78 Å². The highest BCUT2D eigenvalue weighted by atomic mass is 16.1. The maximum Gasteiger partial charge on any atom is 0.193 e. The number of benzene rings is 8. The van der Waals surface area contributed by atoms with Gasteiger partial charge in [-0.15, -0.1) is 0 Å². The van der Waals surface area contributed by atoms with Crippen molar-refractivity contribution in [3.8, 4) is 44.5 Å². The molecule has 0 fully saturated rings. The molecule has 330 valence electrons. The van der Waals surface area contributed by atoms with Crippen LogP contribution >= 0.6 is 0 Å². The van der Waals surface area contributed by atoms with Crippen molar-refractivity contribution in [2.45, 2.75) is 96.9 Å². The SMILES string of the molecule is CC.CC.CC.Cc1ccc(-c2ccc(C(=O)c3ccc(-c4ccc(C)cc4)cc3C)c(C)c2)cc1.Cc1ccccc1-c1ccccc1C.Cc1ccccc1-c1ccccc1C. The zero-order valence-corrected chi connectivity index (χ0v) is 41.2. The largest absolute Gasteiger partial charge is 0.289 e. The molecule has 1 nitrogen and oxygen atoms in total. The fourth-order valence-electron chi connectivity index (χ4n) is 7.33. The van der Waals surface area contributed by atoms with Gasteiger partial charge in [0, 0.05) is 11.1 Å². The highest BCUT2D eigenvalue weighted by molar-refractivity contribution is 6.11. The minimum atomic E-state index is 0.0795. The molecule has 0 N–H and O–H groups in total. The Balaban J connectivity index is 0.000000267. The molecular formula is C63H72O. The summed E-state index contributed by atoms with van der Waals surface area (Å²) in [6.45, 7) is 28.8. The molecule has 0 bridgehead atoms. The Morgan fingerprint density at radius 1 is 0.266 bits per heavy atom. The third-order valence-electron chi connectivity index (χ3n) is 10.9. The Kier molecular flexibility index (Phi) is 21.7. The van der Waals surface area contributed by atoms with E-state index in [0.29, 0.717) is 0 Å². The van der Waals surface area contributed by atoms with Crippen LogP contribution in [0.25, 0.3) is 44.5 Å². The van der Waals surface area contributed by atoms with Gasteiger partial charge in [0.25, 0.3) is 0 Å². The molecule has 64 heavy (non-hydrogen) atoms. The van der Waals surface area contributed by atoms with E-state index in [0.717, 1.165) is 33.4 Å². The van der Waals surface area contributed by atoms with Crippen molar-refractivity contribution < 1.29 is 4.79 Å². The monoisotopic (exact) mass is 845 g/mol. The Morgan fingerprint density at radius 3 is 0.734 bits per heavy atom. The van der Waals surface area contributed by atoms with Gasteiger partial charge in [0.15, 0.2) is 5.78 Å². The third kappa shape index (κ3) is 14.2. The molecule has 0 saturated heterocycles. The van der Waals surface area contributed by atoms with E-state index in [-0.39, 0.29) is 5.78 Å². The van der Waals surface area contributed by atoms with Crippen molar-refractivity contribution in [2.75, 3.05) is 0 Å². The standard InChI is InChI=1S/C29H26O.2C14H14.3C2H6/c1-19-5-9-23(10-6-19)25-13-15-27(21(3)17-25)29(30)28-16-14-26(18-22(28)4)24-11-7-20(2)8-12-24;2*1-11-7-3-5-9-13(11)14-10-6-4-8-12(14)2;3*1-2/h5-18H,1-4H3;2*3-10H,1-2H3;3*1-2H3. The zero-order chi connectivity index (χ0) is 47.2. The maximum atomic E-state index is 13.3. The average Bonchev–Trinajstić information content (AvgIpc) is 3.32. The van der Waals surface area contributed by atoms with E-state index in [1.165, 1.54) is 66.8 Å². The molecule has 0 spiro atoms. The summed E-state index contributed by atoms with van der Waals surface area (Å²) in [5.41, 5.74) is 21.3. The van der Waals surface area contributed by atoms with Gasteiger partial charge in [0.1, 0.15) is 0 Å². The fraction of sp³-hybridized carbons (Fsp3) is 0.222. The Bertz CT molecular complexity index is 2370. The van der Waals surface area contributed by atoms with Crippen molar-refractivity contribution in [1.82, 2.24) is 0 Å². The molecule has 0 aliphatic rings. The van der Waals surface area contributed by atoms with Crippen LogP contribution in [0.15, 0.2) is 182 Å². The van der Waals surface area contributed by atoms with Gasteiger partial charge < -0.3 is 0 Å². The molecule has 0 atom stereocenters. The highest BCUT2D eigenvalue weighted by Crippen LogP contribution is 2.29. The second-order valence-corrected chi connectivity index (χ2v) is 15.4. The number of aryl methyl sites for hydroxylation is 8. The van der Waals surface area contributed by atoms with Crippen molar-refractivity contribution in [3.63, 3.8) is 0 Å². The van der Waals surface area contributed by atoms with E-state index in [9.17, 15) is 4.79 Å². The smallest absolute Gasteiger partial charge is 0.193 e. The lowest BCUT2D eigenvalue weighted by Gasteiger charge is -2.12. The lowest BCUT2D eigenvalue weighted by molar-refractivity contribution is 0.103. The second-order valence-electron chi connectivity index (χ2n) is 15.4. The fourth-order valence-corrected chi connectivity index (χ4v) is 7.33. The first-order valence-corrected chi connectivity index (χ1v) is 23.1. The zero-order valence-electron chi connectivity index (χ0n) is 41.2. The lowest BCUT2D eigenvalue weighted by atomic mass is 9.91. The minimum Gasteiger partial charge on any atom is -0.289 e. The quantitative estimate of drug-likeness (QED) is 0.152. The van der Waals surface area contributed by atoms with Gasteiger partial charge in [-0.3, -0.25) is 4.79 Å². The van der Waals surface area contributed by atoms with Gasteiger partial charge in [0.2, 0.25) is 0 Å². The normalized spacial score (nSPS) is 9.78. The molecular weight excluding hydrogens is 773 g/mol. The van der Waals surface area contributed by atoms with Crippen LogP contribution in [0.4, 0.5) is 0 Å². The highest BCUT2D eigenvalue weighted by Gasteiger charge is 2.16. The van der Waals surface area contributed by atoms with Crippen LogP contribution in [0.2, 0.25) is 0 Å². The summed E-state index contributed by atoms with van der Waals surface area (Å²) < 4.78 is 0. The van der Waals surface area contributed by atoms with Crippen LogP contribution in [0.1, 0.15) is 102 Å². The summed E-state index contributed by atoms with van der Waals surface area (Å²) in [4.78, 5) is 13.3. The van der Waals surface area contributed by atoms with Gasteiger partial charge in [-0.1, -0.05) is 235 Å². The van der Waals surface area contributed by atoms with Gasteiger partial charge in [-0.05, 0) is 133 Å². The molecule has 1 heteroatoms. The first-order chi connectivity index (χ1) is 31.0. The summed E-state index contributed by atoms with van der Waals surface area (Å²) in [5.74, 6) is 0.0795. The van der Waals surface area contributed by atoms with Crippen molar-refractivity contribution in [3.05, 3.63) is 238 Å². The number of hydrogen-bond donors (Lipinski definition) is 0. The predicted molar refractivity (Wildman–Crippen MR) is 283 cm³/mol. The van der Waals surface area contributed by atoms with Crippen LogP contribution in [0.3, 0.4) is 0 Å². The Labute approximate surface area is 387 Å². The van der Waals surface area contributed by atoms with Gasteiger partial charge in [-0.25, -0.2) is 0 Å². The van der Waals surface area contributed by atoms with Crippen molar-refractivity contribution in [2.24, 2.45) is 0 Å². The predicted octanol–water partition coefficient (Wildman–Crippen LogP) is 18.5. The Morgan fingerprint density at radius 2 is 0.500 bits per heavy atom. The molecule has 0 unspecified atom stereocenters. The molecule has 8 rings (SSSR count). The van der Waals surface area contributed by atoms with E-state index in [1.54, 1.807) is 0 Å². The van der Waals surface area contributed by atoms with Crippen LogP contribution in [0, 0.1) is 55.4 Å². The first-order valence-electron chi connectivity index (χ1n) is 23.1. The minimum absolute atomic E-state index is 0.0795. The van der Waals surface area contributed by atoms with Gasteiger partial charge >= 0.3 is 0 Å². The van der Waals surface area contributed by atoms with E-state index in [2.05, 4.69) is 199 Å². The van der Waals surface area contributed by atoms with E-state index >= 15 is 0 Å². The first kappa shape index (κ1) is 51.8. The maximum absolute atomic E-state index is 13.3. The number of rotatable bonds is 6. The molecule has 0 aliphatic carbocycles. The van der Waals surface area contributed by atoms with E-state index in [4.69, 9.17) is 0 Å². The topological polar surface area (TPSA) is 17.1 Å². The van der Waals surface area contributed by atoms with E-state index in [1.807, 2.05) is 79.7 Å². The van der Waals surface area contributed by atoms with Crippen LogP contribution in [0.5, 0.6) is 0 Å². The molecule has 0 heterocycles.